The lowest BCUT2D eigenvalue weighted by Gasteiger charge is -2.14. The fourth-order valence-electron chi connectivity index (χ4n) is 2.67. The molecule has 4 heteroatoms. The van der Waals surface area contributed by atoms with Crippen LogP contribution in [0.25, 0.3) is 0 Å². The van der Waals surface area contributed by atoms with E-state index in [2.05, 4.69) is 4.98 Å². The first-order chi connectivity index (χ1) is 9.72. The van der Waals surface area contributed by atoms with Crippen molar-refractivity contribution in [2.24, 2.45) is 5.73 Å². The van der Waals surface area contributed by atoms with Crippen LogP contribution in [0.4, 0.5) is 0 Å². The Hall–Kier alpha value is -1.58. The van der Waals surface area contributed by atoms with Gasteiger partial charge in [-0.05, 0) is 47.7 Å². The van der Waals surface area contributed by atoms with Crippen LogP contribution in [0.2, 0.25) is 5.02 Å². The molecule has 1 aromatic heterocycles. The second-order valence-electron chi connectivity index (χ2n) is 5.18. The molecule has 0 fully saturated rings. The van der Waals surface area contributed by atoms with Gasteiger partial charge >= 0.3 is 0 Å². The quantitative estimate of drug-likeness (QED) is 0.941. The third kappa shape index (κ3) is 2.94. The summed E-state index contributed by atoms with van der Waals surface area (Å²) in [6.45, 7) is 0.737. The summed E-state index contributed by atoms with van der Waals surface area (Å²) in [5.74, 6) is 0.982. The van der Waals surface area contributed by atoms with E-state index in [-0.39, 0.29) is 6.04 Å². The Bertz CT molecular complexity index is 601. The van der Waals surface area contributed by atoms with Gasteiger partial charge in [-0.15, -0.1) is 0 Å². The molecule has 1 atom stereocenters. The fraction of sp³-hybridized carbons (Fsp3) is 0.312. The highest BCUT2D eigenvalue weighted by Gasteiger charge is 2.19. The maximum absolute atomic E-state index is 6.26. The van der Waals surface area contributed by atoms with E-state index in [0.717, 1.165) is 47.8 Å². The van der Waals surface area contributed by atoms with Gasteiger partial charge in [0, 0.05) is 29.9 Å². The van der Waals surface area contributed by atoms with E-state index >= 15 is 0 Å². The molecule has 2 aromatic rings. The topological polar surface area (TPSA) is 48.1 Å². The van der Waals surface area contributed by atoms with Crippen molar-refractivity contribution in [3.05, 3.63) is 58.4 Å². The molecule has 1 unspecified atom stereocenters. The van der Waals surface area contributed by atoms with Crippen molar-refractivity contribution in [1.82, 2.24) is 4.98 Å². The first-order valence-corrected chi connectivity index (χ1v) is 7.19. The molecule has 0 aliphatic carbocycles. The third-order valence-electron chi connectivity index (χ3n) is 3.53. The van der Waals surface area contributed by atoms with Gasteiger partial charge < -0.3 is 10.5 Å². The SMILES string of the molecule is NC(Cc1cccnc1)Cc1cc(Cl)cc2c1OCC2. The minimum Gasteiger partial charge on any atom is -0.493 e. The molecule has 0 saturated carbocycles. The van der Waals surface area contributed by atoms with Crippen molar-refractivity contribution in [3.8, 4) is 5.75 Å². The number of halogens is 1. The number of aromatic nitrogens is 1. The minimum absolute atomic E-state index is 0.0333. The molecule has 3 rings (SSSR count). The Balaban J connectivity index is 1.75. The first-order valence-electron chi connectivity index (χ1n) is 6.81. The Morgan fingerprint density at radius 2 is 2.25 bits per heavy atom. The van der Waals surface area contributed by atoms with Crippen molar-refractivity contribution in [2.45, 2.75) is 25.3 Å². The van der Waals surface area contributed by atoms with E-state index in [0.29, 0.717) is 0 Å². The summed E-state index contributed by atoms with van der Waals surface area (Å²) in [4.78, 5) is 4.12. The molecule has 1 aliphatic heterocycles. The summed E-state index contributed by atoms with van der Waals surface area (Å²) >= 11 is 6.17. The van der Waals surface area contributed by atoms with Gasteiger partial charge in [0.2, 0.25) is 0 Å². The summed E-state index contributed by atoms with van der Waals surface area (Å²) in [6, 6.07) is 7.97. The number of fused-ring (bicyclic) bond motifs is 1. The van der Waals surface area contributed by atoms with E-state index in [4.69, 9.17) is 22.1 Å². The molecule has 0 bridgehead atoms. The molecule has 3 nitrogen and oxygen atoms in total. The molecule has 2 heterocycles. The highest BCUT2D eigenvalue weighted by molar-refractivity contribution is 6.30. The number of nitrogens with zero attached hydrogens (tertiary/aromatic N) is 1. The zero-order chi connectivity index (χ0) is 13.9. The number of hydrogen-bond donors (Lipinski definition) is 1. The minimum atomic E-state index is 0.0333. The smallest absolute Gasteiger partial charge is 0.125 e. The van der Waals surface area contributed by atoms with E-state index in [1.807, 2.05) is 30.5 Å². The largest absolute Gasteiger partial charge is 0.493 e. The van der Waals surface area contributed by atoms with Gasteiger partial charge in [-0.3, -0.25) is 4.98 Å². The van der Waals surface area contributed by atoms with E-state index in [1.54, 1.807) is 6.20 Å². The summed E-state index contributed by atoms with van der Waals surface area (Å²) in [5, 5.41) is 0.762. The Kier molecular flexibility index (Phi) is 3.90. The molecule has 0 saturated heterocycles. The van der Waals surface area contributed by atoms with Crippen LogP contribution in [0, 0.1) is 0 Å². The summed E-state index contributed by atoms with van der Waals surface area (Å²) in [5.41, 5.74) is 9.72. The highest BCUT2D eigenvalue weighted by Crippen LogP contribution is 2.33. The second-order valence-corrected chi connectivity index (χ2v) is 5.62. The van der Waals surface area contributed by atoms with Crippen LogP contribution in [-0.2, 0) is 19.3 Å². The standard InChI is InChI=1S/C16H17ClN2O/c17-14-7-12-3-5-20-16(12)13(8-14)9-15(18)6-11-2-1-4-19-10-11/h1-2,4,7-8,10,15H,3,5-6,9,18H2. The van der Waals surface area contributed by atoms with Crippen LogP contribution in [0.15, 0.2) is 36.7 Å². The van der Waals surface area contributed by atoms with Crippen molar-refractivity contribution < 1.29 is 4.74 Å². The monoisotopic (exact) mass is 288 g/mol. The van der Waals surface area contributed by atoms with Gasteiger partial charge in [-0.25, -0.2) is 0 Å². The number of pyridine rings is 1. The van der Waals surface area contributed by atoms with Gasteiger partial charge in [0.1, 0.15) is 5.75 Å². The molecule has 104 valence electrons. The van der Waals surface area contributed by atoms with Crippen LogP contribution >= 0.6 is 11.6 Å². The van der Waals surface area contributed by atoms with Crippen LogP contribution < -0.4 is 10.5 Å². The maximum atomic E-state index is 6.26. The predicted molar refractivity (Wildman–Crippen MR) is 80.3 cm³/mol. The molecular weight excluding hydrogens is 272 g/mol. The zero-order valence-electron chi connectivity index (χ0n) is 11.2. The predicted octanol–water partition coefficient (Wildman–Crippen LogP) is 2.78. The van der Waals surface area contributed by atoms with Gasteiger partial charge in [0.15, 0.2) is 0 Å². The number of hydrogen-bond acceptors (Lipinski definition) is 3. The van der Waals surface area contributed by atoms with Gasteiger partial charge in [-0.1, -0.05) is 17.7 Å². The van der Waals surface area contributed by atoms with Crippen LogP contribution in [0.1, 0.15) is 16.7 Å². The number of ether oxygens (including phenoxy) is 1. The van der Waals surface area contributed by atoms with Crippen molar-refractivity contribution in [3.63, 3.8) is 0 Å². The van der Waals surface area contributed by atoms with Crippen LogP contribution in [0.3, 0.4) is 0 Å². The lowest BCUT2D eigenvalue weighted by molar-refractivity contribution is 0.352. The zero-order valence-corrected chi connectivity index (χ0v) is 11.9. The van der Waals surface area contributed by atoms with Crippen LogP contribution in [-0.4, -0.2) is 17.6 Å². The van der Waals surface area contributed by atoms with Gasteiger partial charge in [0.25, 0.3) is 0 Å². The molecule has 0 amide bonds. The molecular formula is C16H17ClN2O. The lowest BCUT2D eigenvalue weighted by atomic mass is 9.98. The van der Waals surface area contributed by atoms with Crippen molar-refractivity contribution in [2.75, 3.05) is 6.61 Å². The first kappa shape index (κ1) is 13.4. The van der Waals surface area contributed by atoms with E-state index in [1.165, 1.54) is 5.56 Å². The molecule has 2 N–H and O–H groups in total. The summed E-state index contributed by atoms with van der Waals surface area (Å²) in [7, 11) is 0. The molecule has 20 heavy (non-hydrogen) atoms. The van der Waals surface area contributed by atoms with Gasteiger partial charge in [-0.2, -0.15) is 0 Å². The number of rotatable bonds is 4. The Labute approximate surface area is 123 Å². The Morgan fingerprint density at radius 3 is 3.05 bits per heavy atom. The molecule has 1 aromatic carbocycles. The van der Waals surface area contributed by atoms with Gasteiger partial charge in [0.05, 0.1) is 6.61 Å². The highest BCUT2D eigenvalue weighted by atomic mass is 35.5. The molecule has 0 spiro atoms. The third-order valence-corrected chi connectivity index (χ3v) is 3.75. The fourth-order valence-corrected chi connectivity index (χ4v) is 2.94. The average Bonchev–Trinajstić information content (AvgIpc) is 2.88. The number of benzene rings is 1. The second kappa shape index (κ2) is 5.81. The van der Waals surface area contributed by atoms with Crippen molar-refractivity contribution >= 4 is 11.6 Å². The Morgan fingerprint density at radius 1 is 1.35 bits per heavy atom. The van der Waals surface area contributed by atoms with Crippen molar-refractivity contribution in [1.29, 1.82) is 0 Å². The van der Waals surface area contributed by atoms with E-state index in [9.17, 15) is 0 Å². The van der Waals surface area contributed by atoms with E-state index < -0.39 is 0 Å². The average molecular weight is 289 g/mol. The normalized spacial score (nSPS) is 14.7. The lowest BCUT2D eigenvalue weighted by Crippen LogP contribution is -2.25. The summed E-state index contributed by atoms with van der Waals surface area (Å²) in [6.07, 6.45) is 6.12. The summed E-state index contributed by atoms with van der Waals surface area (Å²) < 4.78 is 5.71. The van der Waals surface area contributed by atoms with Crippen LogP contribution in [0.5, 0.6) is 5.75 Å². The molecule has 0 radical (unpaired) electrons. The number of nitrogens with two attached hydrogens (primary N) is 1. The molecule has 1 aliphatic rings. The maximum Gasteiger partial charge on any atom is 0.125 e.